The number of benzene rings is 1. The zero-order valence-electron chi connectivity index (χ0n) is 14.5. The van der Waals surface area contributed by atoms with Crippen LogP contribution in [0.1, 0.15) is 12.5 Å². The Labute approximate surface area is 149 Å². The summed E-state index contributed by atoms with van der Waals surface area (Å²) in [5, 5.41) is 16.9. The molecule has 0 amide bonds. The lowest BCUT2D eigenvalue weighted by atomic mass is 10.0. The topological polar surface area (TPSA) is 118 Å². The fraction of sp³-hybridized carbons (Fsp3) is 0.333. The summed E-state index contributed by atoms with van der Waals surface area (Å²) < 4.78 is 45.4. The molecule has 1 aromatic carbocycles. The van der Waals surface area contributed by atoms with E-state index in [0.29, 0.717) is 0 Å². The highest BCUT2D eigenvalue weighted by molar-refractivity contribution is 7.92. The molecule has 0 radical (unpaired) electrons. The van der Waals surface area contributed by atoms with Crippen LogP contribution in [0.2, 0.25) is 0 Å². The summed E-state index contributed by atoms with van der Waals surface area (Å²) in [6.45, 7) is 1.44. The van der Waals surface area contributed by atoms with Gasteiger partial charge in [-0.15, -0.1) is 5.10 Å². The quantitative estimate of drug-likeness (QED) is 0.746. The Kier molecular flexibility index (Phi) is 5.27. The first-order valence-electron chi connectivity index (χ1n) is 7.36. The molecule has 0 atom stereocenters. The predicted molar refractivity (Wildman–Crippen MR) is 91.8 cm³/mol. The van der Waals surface area contributed by atoms with E-state index in [1.807, 2.05) is 0 Å². The summed E-state index contributed by atoms with van der Waals surface area (Å²) in [7, 11) is 0.176. The van der Waals surface area contributed by atoms with Gasteiger partial charge in [0.15, 0.2) is 5.69 Å². The van der Waals surface area contributed by atoms with E-state index >= 15 is 0 Å². The van der Waals surface area contributed by atoms with E-state index in [2.05, 4.69) is 10.2 Å². The number of nitrogens with zero attached hydrogens (tertiary/aromatic N) is 5. The highest BCUT2D eigenvalue weighted by Gasteiger charge is 2.26. The summed E-state index contributed by atoms with van der Waals surface area (Å²) >= 11 is 0. The lowest BCUT2D eigenvalue weighted by Crippen LogP contribution is -2.29. The van der Waals surface area contributed by atoms with Gasteiger partial charge in [0.05, 0.1) is 29.7 Å². The second-order valence-electron chi connectivity index (χ2n) is 5.20. The maximum absolute atomic E-state index is 14.5. The van der Waals surface area contributed by atoms with Crippen molar-refractivity contribution in [1.29, 1.82) is 5.26 Å². The van der Waals surface area contributed by atoms with Crippen LogP contribution < -0.4 is 14.6 Å². The molecule has 0 bridgehead atoms. The molecule has 0 aliphatic carbocycles. The fourth-order valence-electron chi connectivity index (χ4n) is 2.30. The third-order valence-electron chi connectivity index (χ3n) is 3.81. The van der Waals surface area contributed by atoms with Gasteiger partial charge in [-0.25, -0.2) is 12.8 Å². The lowest BCUT2D eigenvalue weighted by molar-refractivity contribution is 0.350. The van der Waals surface area contributed by atoms with Crippen molar-refractivity contribution in [2.75, 3.05) is 24.2 Å². The monoisotopic (exact) mass is 381 g/mol. The third kappa shape index (κ3) is 3.11. The Morgan fingerprint density at radius 1 is 1.38 bits per heavy atom. The van der Waals surface area contributed by atoms with Gasteiger partial charge in [-0.05, 0) is 19.1 Å². The molecule has 0 saturated carbocycles. The maximum atomic E-state index is 14.5. The van der Waals surface area contributed by atoms with Crippen LogP contribution in [0.15, 0.2) is 16.9 Å². The number of ether oxygens (including phenoxy) is 1. The van der Waals surface area contributed by atoms with Crippen LogP contribution in [0.5, 0.6) is 6.01 Å². The number of halogens is 1. The number of nitriles is 1. The van der Waals surface area contributed by atoms with Gasteiger partial charge < -0.3 is 4.74 Å². The van der Waals surface area contributed by atoms with Gasteiger partial charge in [-0.3, -0.25) is 13.7 Å². The van der Waals surface area contributed by atoms with E-state index in [-0.39, 0.29) is 23.0 Å². The standard InChI is InChI=1S/C15H16FN5O4S/c1-5-26(23,24)21(3)11-7-6-10(16)12(9(11)8-17)13-14(22)20(2)15(25-4)19-18-13/h6-7H,5H2,1-4H3. The van der Waals surface area contributed by atoms with Gasteiger partial charge in [0, 0.05) is 14.1 Å². The Hall–Kier alpha value is -3.00. The minimum Gasteiger partial charge on any atom is -0.467 e. The van der Waals surface area contributed by atoms with Crippen LogP contribution in [-0.4, -0.2) is 43.1 Å². The number of methoxy groups -OCH3 is 1. The van der Waals surface area contributed by atoms with Crippen molar-refractivity contribution >= 4 is 15.7 Å². The van der Waals surface area contributed by atoms with Crippen molar-refractivity contribution in [3.8, 4) is 23.3 Å². The molecular weight excluding hydrogens is 365 g/mol. The SMILES string of the molecule is CCS(=O)(=O)N(C)c1ccc(F)c(-c2nnc(OC)n(C)c2=O)c1C#N. The largest absolute Gasteiger partial charge is 0.467 e. The summed E-state index contributed by atoms with van der Waals surface area (Å²) in [6.07, 6.45) is 0. The van der Waals surface area contributed by atoms with Crippen LogP contribution in [0.3, 0.4) is 0 Å². The molecule has 9 nitrogen and oxygen atoms in total. The Bertz CT molecular complexity index is 1060. The zero-order valence-corrected chi connectivity index (χ0v) is 15.3. The van der Waals surface area contributed by atoms with E-state index in [1.165, 1.54) is 28.1 Å². The highest BCUT2D eigenvalue weighted by atomic mass is 32.2. The molecule has 2 aromatic rings. The summed E-state index contributed by atoms with van der Waals surface area (Å²) in [4.78, 5) is 12.5. The van der Waals surface area contributed by atoms with E-state index in [9.17, 15) is 22.9 Å². The number of rotatable bonds is 5. The normalized spacial score (nSPS) is 11.1. The molecular formula is C15H16FN5O4S. The molecule has 11 heteroatoms. The van der Waals surface area contributed by atoms with Crippen molar-refractivity contribution in [1.82, 2.24) is 14.8 Å². The minimum atomic E-state index is -3.70. The number of hydrogen-bond donors (Lipinski definition) is 0. The second kappa shape index (κ2) is 7.09. The average Bonchev–Trinajstić information content (AvgIpc) is 2.63. The number of anilines is 1. The molecule has 26 heavy (non-hydrogen) atoms. The molecule has 0 aliphatic heterocycles. The smallest absolute Gasteiger partial charge is 0.317 e. The van der Waals surface area contributed by atoms with Crippen LogP contribution in [0.25, 0.3) is 11.3 Å². The van der Waals surface area contributed by atoms with Crippen LogP contribution >= 0.6 is 0 Å². The molecule has 1 heterocycles. The van der Waals surface area contributed by atoms with Gasteiger partial charge >= 0.3 is 6.01 Å². The molecule has 0 N–H and O–H groups in total. The van der Waals surface area contributed by atoms with Gasteiger partial charge in [0.25, 0.3) is 5.56 Å². The van der Waals surface area contributed by atoms with Gasteiger partial charge in [0.2, 0.25) is 10.0 Å². The molecule has 1 aromatic heterocycles. The summed E-state index contributed by atoms with van der Waals surface area (Å²) in [5.74, 6) is -1.12. The molecule has 0 fully saturated rings. The average molecular weight is 381 g/mol. The number of hydrogen-bond acceptors (Lipinski definition) is 7. The third-order valence-corrected chi connectivity index (χ3v) is 5.58. The van der Waals surface area contributed by atoms with Crippen molar-refractivity contribution in [3.05, 3.63) is 33.9 Å². The zero-order chi connectivity index (χ0) is 19.6. The first-order chi connectivity index (χ1) is 12.2. The van der Waals surface area contributed by atoms with Crippen molar-refractivity contribution in [2.45, 2.75) is 6.92 Å². The number of aromatic nitrogens is 3. The Balaban J connectivity index is 2.84. The van der Waals surface area contributed by atoms with Gasteiger partial charge in [-0.1, -0.05) is 5.10 Å². The van der Waals surface area contributed by atoms with Gasteiger partial charge in [0.1, 0.15) is 11.9 Å². The molecule has 2 rings (SSSR count). The summed E-state index contributed by atoms with van der Waals surface area (Å²) in [6, 6.07) is 3.79. The van der Waals surface area contributed by atoms with Crippen LogP contribution in [0, 0.1) is 17.1 Å². The predicted octanol–water partition coefficient (Wildman–Crippen LogP) is 0.648. The van der Waals surface area contributed by atoms with Crippen molar-refractivity contribution in [2.24, 2.45) is 7.05 Å². The maximum Gasteiger partial charge on any atom is 0.317 e. The highest BCUT2D eigenvalue weighted by Crippen LogP contribution is 2.32. The van der Waals surface area contributed by atoms with E-state index in [1.54, 1.807) is 6.07 Å². The lowest BCUT2D eigenvalue weighted by Gasteiger charge is -2.21. The molecule has 0 unspecified atom stereocenters. The Morgan fingerprint density at radius 2 is 2.04 bits per heavy atom. The first-order valence-corrected chi connectivity index (χ1v) is 8.97. The van der Waals surface area contributed by atoms with Crippen LogP contribution in [-0.2, 0) is 17.1 Å². The second-order valence-corrected chi connectivity index (χ2v) is 7.48. The van der Waals surface area contributed by atoms with E-state index in [4.69, 9.17) is 4.74 Å². The molecule has 0 saturated heterocycles. The van der Waals surface area contributed by atoms with E-state index < -0.39 is 32.7 Å². The van der Waals surface area contributed by atoms with Crippen molar-refractivity contribution < 1.29 is 17.5 Å². The fourth-order valence-corrected chi connectivity index (χ4v) is 3.14. The Morgan fingerprint density at radius 3 is 2.58 bits per heavy atom. The first kappa shape index (κ1) is 19.3. The summed E-state index contributed by atoms with van der Waals surface area (Å²) in [5.41, 5.74) is -1.98. The van der Waals surface area contributed by atoms with Gasteiger partial charge in [-0.2, -0.15) is 5.26 Å². The van der Waals surface area contributed by atoms with Crippen molar-refractivity contribution in [3.63, 3.8) is 0 Å². The minimum absolute atomic E-state index is 0.0644. The molecule has 0 aliphatic rings. The van der Waals surface area contributed by atoms with E-state index in [0.717, 1.165) is 21.0 Å². The molecule has 0 spiro atoms. The number of sulfonamides is 1. The molecule has 138 valence electrons. The van der Waals surface area contributed by atoms with Crippen LogP contribution in [0.4, 0.5) is 10.1 Å².